The van der Waals surface area contributed by atoms with Gasteiger partial charge in [0.1, 0.15) is 0 Å². The lowest BCUT2D eigenvalue weighted by molar-refractivity contribution is 0.637. The van der Waals surface area contributed by atoms with Crippen LogP contribution in [0.3, 0.4) is 0 Å². The smallest absolute Gasteiger partial charge is 0.322 e. The molecule has 126 valence electrons. The number of benzene rings is 1. The van der Waals surface area contributed by atoms with Gasteiger partial charge in [-0.05, 0) is 17.7 Å². The molecule has 3 aromatic heterocycles. The molecule has 0 atom stereocenters. The van der Waals surface area contributed by atoms with E-state index in [2.05, 4.69) is 26.8 Å². The van der Waals surface area contributed by atoms with Crippen molar-refractivity contribution < 1.29 is 0 Å². The number of pyridine rings is 1. The average Bonchev–Trinajstić information content (AvgIpc) is 3.21. The van der Waals surface area contributed by atoms with E-state index in [0.717, 1.165) is 17.5 Å². The van der Waals surface area contributed by atoms with Gasteiger partial charge < -0.3 is 4.57 Å². The fourth-order valence-electron chi connectivity index (χ4n) is 2.67. The number of thioether (sulfide) groups is 1. The maximum atomic E-state index is 12.3. The van der Waals surface area contributed by atoms with Crippen LogP contribution >= 0.6 is 11.8 Å². The highest BCUT2D eigenvalue weighted by atomic mass is 32.2. The predicted octanol–water partition coefficient (Wildman–Crippen LogP) is 2.53. The van der Waals surface area contributed by atoms with E-state index in [1.54, 1.807) is 22.4 Å². The van der Waals surface area contributed by atoms with Crippen LogP contribution in [0.4, 0.5) is 0 Å². The van der Waals surface area contributed by atoms with Gasteiger partial charge in [-0.15, -0.1) is 5.10 Å². The van der Waals surface area contributed by atoms with Crippen LogP contribution in [0.1, 0.15) is 5.56 Å². The first kappa shape index (κ1) is 15.7. The molecule has 0 bridgehead atoms. The zero-order valence-electron chi connectivity index (χ0n) is 13.5. The fraction of sp³-hybridized carbons (Fsp3) is 0.167. The lowest BCUT2D eigenvalue weighted by Gasteiger charge is -2.07. The van der Waals surface area contributed by atoms with Gasteiger partial charge in [0.2, 0.25) is 0 Å². The largest absolute Gasteiger partial charge is 0.350 e. The highest BCUT2D eigenvalue weighted by molar-refractivity contribution is 7.99. The summed E-state index contributed by atoms with van der Waals surface area (Å²) in [5.41, 5.74) is 1.80. The van der Waals surface area contributed by atoms with Crippen LogP contribution < -0.4 is 5.69 Å². The van der Waals surface area contributed by atoms with Gasteiger partial charge in [-0.25, -0.2) is 14.5 Å². The van der Waals surface area contributed by atoms with Crippen LogP contribution in [-0.4, -0.2) is 29.5 Å². The lowest BCUT2D eigenvalue weighted by Crippen LogP contribution is -2.22. The van der Waals surface area contributed by atoms with Crippen LogP contribution in [0.5, 0.6) is 0 Å². The van der Waals surface area contributed by atoms with E-state index in [1.165, 1.54) is 10.2 Å². The van der Waals surface area contributed by atoms with E-state index < -0.39 is 0 Å². The Morgan fingerprint density at radius 3 is 2.68 bits per heavy atom. The van der Waals surface area contributed by atoms with Crippen molar-refractivity contribution in [2.75, 3.05) is 5.75 Å². The molecule has 3 heterocycles. The second-order valence-electron chi connectivity index (χ2n) is 5.61. The first-order valence-corrected chi connectivity index (χ1v) is 9.02. The number of aromatic nitrogens is 5. The molecule has 0 fully saturated rings. The molecule has 6 nitrogen and oxygen atoms in total. The predicted molar refractivity (Wildman–Crippen MR) is 97.9 cm³/mol. The molecule has 25 heavy (non-hydrogen) atoms. The van der Waals surface area contributed by atoms with Crippen molar-refractivity contribution in [3.63, 3.8) is 0 Å². The highest BCUT2D eigenvalue weighted by Crippen LogP contribution is 2.17. The summed E-state index contributed by atoms with van der Waals surface area (Å²) >= 11 is 1.63. The summed E-state index contributed by atoms with van der Waals surface area (Å²) in [6, 6.07) is 15.8. The molecule has 0 amide bonds. The van der Waals surface area contributed by atoms with E-state index in [1.807, 2.05) is 48.8 Å². The van der Waals surface area contributed by atoms with Crippen molar-refractivity contribution in [3.8, 4) is 0 Å². The van der Waals surface area contributed by atoms with Crippen molar-refractivity contribution >= 4 is 17.4 Å². The van der Waals surface area contributed by atoms with Gasteiger partial charge in [-0.1, -0.05) is 48.2 Å². The number of aryl methyl sites for hydroxylation is 1. The van der Waals surface area contributed by atoms with Crippen LogP contribution in [0, 0.1) is 0 Å². The number of rotatable bonds is 6. The number of nitrogens with zero attached hydrogens (tertiary/aromatic N) is 5. The summed E-state index contributed by atoms with van der Waals surface area (Å²) in [7, 11) is 0. The molecular formula is C18H17N5OS. The molecular weight excluding hydrogens is 334 g/mol. The second kappa shape index (κ2) is 6.98. The maximum Gasteiger partial charge on any atom is 0.350 e. The molecule has 0 N–H and O–H groups in total. The third kappa shape index (κ3) is 3.36. The molecule has 0 saturated carbocycles. The normalized spacial score (nSPS) is 11.2. The summed E-state index contributed by atoms with van der Waals surface area (Å²) < 4.78 is 5.18. The molecule has 0 aliphatic rings. The van der Waals surface area contributed by atoms with Crippen molar-refractivity contribution in [1.82, 2.24) is 23.7 Å². The summed E-state index contributed by atoms with van der Waals surface area (Å²) in [4.78, 5) is 16.7. The van der Waals surface area contributed by atoms with Crippen LogP contribution in [-0.2, 0) is 13.1 Å². The maximum absolute atomic E-state index is 12.3. The van der Waals surface area contributed by atoms with E-state index in [9.17, 15) is 4.79 Å². The van der Waals surface area contributed by atoms with E-state index in [-0.39, 0.29) is 5.69 Å². The third-order valence-corrected chi connectivity index (χ3v) is 4.88. The number of hydrogen-bond donors (Lipinski definition) is 0. The summed E-state index contributed by atoms with van der Waals surface area (Å²) in [5, 5.41) is 5.29. The van der Waals surface area contributed by atoms with Crippen molar-refractivity contribution in [2.45, 2.75) is 18.2 Å². The molecule has 0 aliphatic carbocycles. The monoisotopic (exact) mass is 351 g/mol. The molecule has 4 rings (SSSR count). The zero-order valence-corrected chi connectivity index (χ0v) is 14.3. The van der Waals surface area contributed by atoms with Crippen LogP contribution in [0.15, 0.2) is 77.1 Å². The first-order valence-electron chi connectivity index (χ1n) is 8.03. The average molecular weight is 351 g/mol. The van der Waals surface area contributed by atoms with Gasteiger partial charge >= 0.3 is 5.69 Å². The lowest BCUT2D eigenvalue weighted by atomic mass is 10.2. The molecule has 0 spiro atoms. The Balaban J connectivity index is 1.43. The molecule has 4 aromatic rings. The minimum absolute atomic E-state index is 0.108. The minimum Gasteiger partial charge on any atom is -0.322 e. The third-order valence-electron chi connectivity index (χ3n) is 3.90. The van der Waals surface area contributed by atoms with Gasteiger partial charge in [0.15, 0.2) is 10.8 Å². The van der Waals surface area contributed by atoms with Gasteiger partial charge in [0, 0.05) is 30.9 Å². The van der Waals surface area contributed by atoms with Gasteiger partial charge in [-0.2, -0.15) is 0 Å². The first-order chi connectivity index (χ1) is 12.3. The summed E-state index contributed by atoms with van der Waals surface area (Å²) in [6.07, 6.45) is 5.52. The Bertz CT molecular complexity index is 1030. The fourth-order valence-corrected chi connectivity index (χ4v) is 3.55. The summed E-state index contributed by atoms with van der Waals surface area (Å²) in [5.74, 6) is 0.732. The topological polar surface area (TPSA) is 57.1 Å². The Labute approximate surface area is 148 Å². The molecule has 1 aromatic carbocycles. The van der Waals surface area contributed by atoms with Crippen molar-refractivity contribution in [2.24, 2.45) is 0 Å². The van der Waals surface area contributed by atoms with Crippen molar-refractivity contribution in [3.05, 3.63) is 83.2 Å². The van der Waals surface area contributed by atoms with Gasteiger partial charge in [-0.3, -0.25) is 4.40 Å². The molecule has 0 saturated heterocycles. The standard InChI is InChI=1S/C18H17N5OS/c24-18-22-10-5-4-8-16(22)20-23(18)12-13-25-17-19-9-11-21(17)14-15-6-2-1-3-7-15/h1-11H,12-14H2. The summed E-state index contributed by atoms with van der Waals surface area (Å²) in [6.45, 7) is 1.33. The zero-order chi connectivity index (χ0) is 17.1. The number of fused-ring (bicyclic) bond motifs is 1. The highest BCUT2D eigenvalue weighted by Gasteiger charge is 2.08. The minimum atomic E-state index is -0.108. The van der Waals surface area contributed by atoms with E-state index >= 15 is 0 Å². The molecule has 0 radical (unpaired) electrons. The quantitative estimate of drug-likeness (QED) is 0.501. The SMILES string of the molecule is O=c1n(CCSc2nccn2Cc2ccccc2)nc2ccccn12. The van der Waals surface area contributed by atoms with Gasteiger partial charge in [0.25, 0.3) is 0 Å². The van der Waals surface area contributed by atoms with Gasteiger partial charge in [0.05, 0.1) is 6.54 Å². The Morgan fingerprint density at radius 1 is 1.00 bits per heavy atom. The number of hydrogen-bond acceptors (Lipinski definition) is 4. The number of imidazole rings is 1. The Kier molecular flexibility index (Phi) is 4.39. The Hall–Kier alpha value is -2.80. The Morgan fingerprint density at radius 2 is 1.84 bits per heavy atom. The van der Waals surface area contributed by atoms with E-state index in [0.29, 0.717) is 12.2 Å². The molecule has 0 unspecified atom stereocenters. The molecule has 7 heteroatoms. The molecule has 0 aliphatic heterocycles. The van der Waals surface area contributed by atoms with Crippen molar-refractivity contribution in [1.29, 1.82) is 0 Å². The van der Waals surface area contributed by atoms with Crippen LogP contribution in [0.25, 0.3) is 5.65 Å². The van der Waals surface area contributed by atoms with E-state index in [4.69, 9.17) is 0 Å². The van der Waals surface area contributed by atoms with Crippen LogP contribution in [0.2, 0.25) is 0 Å². The second-order valence-corrected chi connectivity index (χ2v) is 6.67.